The van der Waals surface area contributed by atoms with E-state index in [-0.39, 0.29) is 12.3 Å². The summed E-state index contributed by atoms with van der Waals surface area (Å²) < 4.78 is 5.72. The molecule has 2 aromatic rings. The van der Waals surface area contributed by atoms with Gasteiger partial charge in [-0.3, -0.25) is 4.79 Å². The molecular formula is C20H23ClN2O4. The summed E-state index contributed by atoms with van der Waals surface area (Å²) in [6, 6.07) is 7.22. The zero-order valence-corrected chi connectivity index (χ0v) is 16.0. The number of carbonyl (C=O) groups is 2. The fourth-order valence-electron chi connectivity index (χ4n) is 3.62. The van der Waals surface area contributed by atoms with Crippen LogP contribution in [-0.2, 0) is 16.0 Å². The minimum absolute atomic E-state index is 0.159. The molecule has 0 unspecified atom stereocenters. The van der Waals surface area contributed by atoms with Crippen LogP contribution in [0.25, 0.3) is 11.3 Å². The van der Waals surface area contributed by atoms with Crippen molar-refractivity contribution in [2.45, 2.75) is 50.5 Å². The van der Waals surface area contributed by atoms with Crippen LogP contribution in [0.2, 0.25) is 5.02 Å². The van der Waals surface area contributed by atoms with E-state index in [1.165, 1.54) is 4.90 Å². The maximum absolute atomic E-state index is 12.6. The number of nitrogens with zero attached hydrogens (tertiary/aromatic N) is 2. The van der Waals surface area contributed by atoms with Crippen LogP contribution >= 0.6 is 11.6 Å². The number of aryl methyl sites for hydroxylation is 1. The van der Waals surface area contributed by atoms with Crippen molar-refractivity contribution >= 4 is 23.5 Å². The van der Waals surface area contributed by atoms with Crippen LogP contribution in [-0.4, -0.2) is 39.5 Å². The highest BCUT2D eigenvalue weighted by molar-refractivity contribution is 6.30. The fourth-order valence-corrected chi connectivity index (χ4v) is 3.75. The molecule has 1 heterocycles. The number of aliphatic carboxylic acids is 1. The van der Waals surface area contributed by atoms with Crippen LogP contribution in [0.15, 0.2) is 34.9 Å². The van der Waals surface area contributed by atoms with E-state index in [2.05, 4.69) is 4.98 Å². The number of aromatic nitrogens is 1. The molecule has 1 aliphatic carbocycles. The third-order valence-electron chi connectivity index (χ3n) is 5.33. The van der Waals surface area contributed by atoms with Crippen molar-refractivity contribution in [1.29, 1.82) is 0 Å². The van der Waals surface area contributed by atoms with Gasteiger partial charge >= 0.3 is 5.97 Å². The summed E-state index contributed by atoms with van der Waals surface area (Å²) in [7, 11) is 1.59. The van der Waals surface area contributed by atoms with E-state index in [1.807, 2.05) is 12.1 Å². The van der Waals surface area contributed by atoms with Crippen molar-refractivity contribution in [3.63, 3.8) is 0 Å². The first-order chi connectivity index (χ1) is 12.9. The maximum atomic E-state index is 12.6. The maximum Gasteiger partial charge on any atom is 0.329 e. The number of halogens is 1. The molecule has 7 heteroatoms. The molecule has 0 spiro atoms. The van der Waals surface area contributed by atoms with Crippen molar-refractivity contribution in [2.24, 2.45) is 0 Å². The number of rotatable bonds is 6. The minimum Gasteiger partial charge on any atom is -0.479 e. The van der Waals surface area contributed by atoms with Gasteiger partial charge in [0.05, 0.1) is 6.20 Å². The summed E-state index contributed by atoms with van der Waals surface area (Å²) in [5.74, 6) is -0.0591. The molecule has 0 bridgehead atoms. The molecule has 1 aromatic carbocycles. The van der Waals surface area contributed by atoms with Crippen molar-refractivity contribution in [3.05, 3.63) is 41.4 Å². The highest BCUT2D eigenvalue weighted by Crippen LogP contribution is 2.34. The van der Waals surface area contributed by atoms with Crippen LogP contribution in [0.3, 0.4) is 0 Å². The largest absolute Gasteiger partial charge is 0.479 e. The second-order valence-corrected chi connectivity index (χ2v) is 7.41. The number of amides is 1. The number of benzene rings is 1. The lowest BCUT2D eigenvalue weighted by Crippen LogP contribution is -2.56. The van der Waals surface area contributed by atoms with E-state index < -0.39 is 11.5 Å². The first kappa shape index (κ1) is 19.4. The molecular weight excluding hydrogens is 368 g/mol. The van der Waals surface area contributed by atoms with Crippen LogP contribution in [0.1, 0.15) is 44.4 Å². The average Bonchev–Trinajstić information content (AvgIpc) is 3.15. The number of carbonyl (C=O) groups excluding carboxylic acids is 1. The highest BCUT2D eigenvalue weighted by atomic mass is 35.5. The number of carboxylic acids is 1. The number of oxazole rings is 1. The molecule has 6 nitrogen and oxygen atoms in total. The summed E-state index contributed by atoms with van der Waals surface area (Å²) in [6.07, 6.45) is 5.78. The van der Waals surface area contributed by atoms with Gasteiger partial charge in [-0.2, -0.15) is 0 Å². The first-order valence-electron chi connectivity index (χ1n) is 9.13. The van der Waals surface area contributed by atoms with Crippen LogP contribution in [0, 0.1) is 0 Å². The van der Waals surface area contributed by atoms with Gasteiger partial charge in [-0.1, -0.05) is 30.9 Å². The van der Waals surface area contributed by atoms with E-state index in [0.717, 1.165) is 24.8 Å². The Balaban J connectivity index is 1.63. The Morgan fingerprint density at radius 3 is 2.52 bits per heavy atom. The van der Waals surface area contributed by atoms with E-state index >= 15 is 0 Å². The zero-order valence-electron chi connectivity index (χ0n) is 15.3. The molecule has 1 fully saturated rings. The van der Waals surface area contributed by atoms with Crippen LogP contribution < -0.4 is 0 Å². The van der Waals surface area contributed by atoms with E-state index in [4.69, 9.17) is 16.0 Å². The predicted molar refractivity (Wildman–Crippen MR) is 101 cm³/mol. The predicted octanol–water partition coefficient (Wildman–Crippen LogP) is 4.17. The quantitative estimate of drug-likeness (QED) is 0.800. The van der Waals surface area contributed by atoms with Crippen molar-refractivity contribution < 1.29 is 19.1 Å². The molecule has 27 heavy (non-hydrogen) atoms. The van der Waals surface area contributed by atoms with Gasteiger partial charge in [-0.15, -0.1) is 0 Å². The smallest absolute Gasteiger partial charge is 0.329 e. The van der Waals surface area contributed by atoms with Gasteiger partial charge in [0, 0.05) is 30.5 Å². The number of hydrogen-bond donors (Lipinski definition) is 1. The molecule has 0 aliphatic heterocycles. The van der Waals surface area contributed by atoms with E-state index in [9.17, 15) is 14.7 Å². The van der Waals surface area contributed by atoms with Gasteiger partial charge in [0.25, 0.3) is 0 Å². The third-order valence-corrected chi connectivity index (χ3v) is 5.58. The lowest BCUT2D eigenvalue weighted by atomic mass is 9.80. The Labute approximate surface area is 163 Å². The zero-order chi connectivity index (χ0) is 19.4. The van der Waals surface area contributed by atoms with Crippen molar-refractivity contribution in [3.8, 4) is 11.3 Å². The molecule has 0 radical (unpaired) electrons. The molecule has 1 aliphatic rings. The average molecular weight is 391 g/mol. The third kappa shape index (κ3) is 4.16. The van der Waals surface area contributed by atoms with E-state index in [1.54, 1.807) is 25.4 Å². The highest BCUT2D eigenvalue weighted by Gasteiger charge is 2.45. The van der Waals surface area contributed by atoms with Gasteiger partial charge < -0.3 is 14.4 Å². The number of likely N-dealkylation sites (N-methyl/N-ethyl adjacent to an activating group) is 1. The Morgan fingerprint density at radius 2 is 1.89 bits per heavy atom. The second-order valence-electron chi connectivity index (χ2n) is 6.98. The van der Waals surface area contributed by atoms with Gasteiger partial charge in [0.2, 0.25) is 5.91 Å². The first-order valence-corrected chi connectivity index (χ1v) is 9.51. The Bertz CT molecular complexity index is 810. The Hall–Kier alpha value is -2.34. The van der Waals surface area contributed by atoms with Gasteiger partial charge in [0.15, 0.2) is 11.7 Å². The molecule has 0 atom stereocenters. The molecule has 144 valence electrons. The van der Waals surface area contributed by atoms with Gasteiger partial charge in [-0.05, 0) is 37.1 Å². The topological polar surface area (TPSA) is 83.6 Å². The lowest BCUT2D eigenvalue weighted by Gasteiger charge is -2.41. The van der Waals surface area contributed by atoms with E-state index in [0.29, 0.717) is 35.9 Å². The summed E-state index contributed by atoms with van der Waals surface area (Å²) in [4.78, 5) is 30.1. The molecule has 0 saturated heterocycles. The second kappa shape index (κ2) is 8.13. The molecule has 3 rings (SSSR count). The van der Waals surface area contributed by atoms with Gasteiger partial charge in [-0.25, -0.2) is 9.78 Å². The summed E-state index contributed by atoms with van der Waals surface area (Å²) in [6.45, 7) is 0. The SMILES string of the molecule is CN(C(=O)CCc1ncc(-c2ccc(Cl)cc2)o1)C1(C(=O)O)CCCCC1. The monoisotopic (exact) mass is 390 g/mol. The standard InChI is InChI=1S/C20H23ClN2O4/c1-23(20(19(25)26)11-3-2-4-12-20)18(24)10-9-17-22-13-16(27-17)14-5-7-15(21)8-6-14/h5-8,13H,2-4,9-12H2,1H3,(H,25,26). The Morgan fingerprint density at radius 1 is 1.22 bits per heavy atom. The number of hydrogen-bond acceptors (Lipinski definition) is 4. The summed E-state index contributed by atoms with van der Waals surface area (Å²) in [5.41, 5.74) is -0.228. The fraction of sp³-hybridized carbons (Fsp3) is 0.450. The van der Waals surface area contributed by atoms with Crippen LogP contribution in [0.5, 0.6) is 0 Å². The molecule has 1 amide bonds. The number of carboxylic acid groups (broad SMARTS) is 1. The van der Waals surface area contributed by atoms with Crippen molar-refractivity contribution in [1.82, 2.24) is 9.88 Å². The van der Waals surface area contributed by atoms with Gasteiger partial charge in [0.1, 0.15) is 5.54 Å². The lowest BCUT2D eigenvalue weighted by molar-refractivity contribution is -0.160. The normalized spacial score (nSPS) is 16.1. The summed E-state index contributed by atoms with van der Waals surface area (Å²) in [5, 5.41) is 10.3. The molecule has 1 N–H and O–H groups in total. The van der Waals surface area contributed by atoms with Crippen molar-refractivity contribution in [2.75, 3.05) is 7.05 Å². The minimum atomic E-state index is -1.08. The molecule has 1 aromatic heterocycles. The summed E-state index contributed by atoms with van der Waals surface area (Å²) >= 11 is 5.89. The van der Waals surface area contributed by atoms with Crippen LogP contribution in [0.4, 0.5) is 0 Å². The molecule has 1 saturated carbocycles. The Kier molecular flexibility index (Phi) is 5.85.